The Morgan fingerprint density at radius 3 is 2.11 bits per heavy atom. The number of aryl methyl sites for hydroxylation is 1. The van der Waals surface area contributed by atoms with E-state index in [0.717, 1.165) is 11.3 Å². The van der Waals surface area contributed by atoms with E-state index in [4.69, 9.17) is 14.2 Å². The van der Waals surface area contributed by atoms with Crippen LogP contribution in [0.3, 0.4) is 0 Å². The standard InChI is InChI=1S/C23H23NO4/c1-18-9-5-7-13-21(18)26-15-16-27-22-14-8-6-12-20(22)24-23(25)17-28-19-10-3-2-4-11-19/h2-14H,15-17H2,1H3,(H,24,25). The predicted octanol–water partition coefficient (Wildman–Crippen LogP) is 4.47. The lowest BCUT2D eigenvalue weighted by Gasteiger charge is -2.14. The summed E-state index contributed by atoms with van der Waals surface area (Å²) in [5.74, 6) is 1.82. The fourth-order valence-electron chi connectivity index (χ4n) is 2.57. The zero-order chi connectivity index (χ0) is 19.6. The van der Waals surface area contributed by atoms with Crippen LogP contribution in [-0.2, 0) is 4.79 Å². The molecule has 0 aliphatic carbocycles. The van der Waals surface area contributed by atoms with Crippen molar-refractivity contribution in [2.45, 2.75) is 6.92 Å². The van der Waals surface area contributed by atoms with Crippen molar-refractivity contribution in [2.24, 2.45) is 0 Å². The first-order chi connectivity index (χ1) is 13.7. The van der Waals surface area contributed by atoms with Gasteiger partial charge in [-0.05, 0) is 42.8 Å². The van der Waals surface area contributed by atoms with E-state index in [1.807, 2.05) is 61.5 Å². The summed E-state index contributed by atoms with van der Waals surface area (Å²) < 4.78 is 17.0. The molecule has 0 unspecified atom stereocenters. The minimum atomic E-state index is -0.254. The van der Waals surface area contributed by atoms with Crippen LogP contribution in [0.2, 0.25) is 0 Å². The number of anilines is 1. The molecule has 0 bridgehead atoms. The van der Waals surface area contributed by atoms with E-state index in [9.17, 15) is 4.79 Å². The Labute approximate surface area is 164 Å². The minimum Gasteiger partial charge on any atom is -0.490 e. The topological polar surface area (TPSA) is 56.8 Å². The molecular formula is C23H23NO4. The van der Waals surface area contributed by atoms with Crippen molar-refractivity contribution < 1.29 is 19.0 Å². The quantitative estimate of drug-likeness (QED) is 0.559. The average Bonchev–Trinajstić information content (AvgIpc) is 2.73. The Hall–Kier alpha value is -3.47. The molecule has 0 saturated carbocycles. The van der Waals surface area contributed by atoms with E-state index in [-0.39, 0.29) is 12.5 Å². The Bertz CT molecular complexity index is 896. The molecule has 5 heteroatoms. The SMILES string of the molecule is Cc1ccccc1OCCOc1ccccc1NC(=O)COc1ccccc1. The molecule has 0 aromatic heterocycles. The second kappa shape index (κ2) is 10.0. The first kappa shape index (κ1) is 19.3. The van der Waals surface area contributed by atoms with Gasteiger partial charge < -0.3 is 19.5 Å². The molecule has 0 saturated heterocycles. The van der Waals surface area contributed by atoms with Gasteiger partial charge in [0, 0.05) is 0 Å². The highest BCUT2D eigenvalue weighted by atomic mass is 16.5. The van der Waals surface area contributed by atoms with Crippen LogP contribution in [0.1, 0.15) is 5.56 Å². The van der Waals surface area contributed by atoms with Crippen LogP contribution < -0.4 is 19.5 Å². The van der Waals surface area contributed by atoms with E-state index in [2.05, 4.69) is 5.32 Å². The van der Waals surface area contributed by atoms with Crippen molar-refractivity contribution >= 4 is 11.6 Å². The van der Waals surface area contributed by atoms with Crippen molar-refractivity contribution in [1.82, 2.24) is 0 Å². The molecule has 28 heavy (non-hydrogen) atoms. The summed E-state index contributed by atoms with van der Waals surface area (Å²) in [6, 6.07) is 24.3. The van der Waals surface area contributed by atoms with Crippen molar-refractivity contribution in [2.75, 3.05) is 25.1 Å². The summed E-state index contributed by atoms with van der Waals surface area (Å²) >= 11 is 0. The molecule has 0 fully saturated rings. The van der Waals surface area contributed by atoms with E-state index < -0.39 is 0 Å². The number of carbonyl (C=O) groups excluding carboxylic acids is 1. The molecule has 0 atom stereocenters. The van der Waals surface area contributed by atoms with E-state index in [1.54, 1.807) is 24.3 Å². The lowest BCUT2D eigenvalue weighted by Crippen LogP contribution is -2.21. The second-order valence-electron chi connectivity index (χ2n) is 6.11. The maximum Gasteiger partial charge on any atom is 0.262 e. The molecule has 1 amide bonds. The number of carbonyl (C=O) groups is 1. The van der Waals surface area contributed by atoms with Crippen LogP contribution in [-0.4, -0.2) is 25.7 Å². The van der Waals surface area contributed by atoms with Gasteiger partial charge in [-0.1, -0.05) is 48.5 Å². The second-order valence-corrected chi connectivity index (χ2v) is 6.11. The Morgan fingerprint density at radius 2 is 1.36 bits per heavy atom. The number of hydrogen-bond donors (Lipinski definition) is 1. The van der Waals surface area contributed by atoms with Crippen LogP contribution in [0.15, 0.2) is 78.9 Å². The summed E-state index contributed by atoms with van der Waals surface area (Å²) in [7, 11) is 0. The van der Waals surface area contributed by atoms with Gasteiger partial charge >= 0.3 is 0 Å². The molecule has 1 N–H and O–H groups in total. The lowest BCUT2D eigenvalue weighted by atomic mass is 10.2. The monoisotopic (exact) mass is 377 g/mol. The first-order valence-electron chi connectivity index (χ1n) is 9.10. The van der Waals surface area contributed by atoms with Crippen molar-refractivity contribution in [3.05, 3.63) is 84.4 Å². The van der Waals surface area contributed by atoms with Gasteiger partial charge in [0.25, 0.3) is 5.91 Å². The molecule has 144 valence electrons. The Balaban J connectivity index is 1.48. The number of benzene rings is 3. The number of amides is 1. The van der Waals surface area contributed by atoms with Gasteiger partial charge in [-0.15, -0.1) is 0 Å². The summed E-state index contributed by atoms with van der Waals surface area (Å²) in [6.45, 7) is 2.69. The zero-order valence-electron chi connectivity index (χ0n) is 15.8. The number of hydrogen-bond acceptors (Lipinski definition) is 4. The maximum absolute atomic E-state index is 12.2. The zero-order valence-corrected chi connectivity index (χ0v) is 15.8. The lowest BCUT2D eigenvalue weighted by molar-refractivity contribution is -0.118. The predicted molar refractivity (Wildman–Crippen MR) is 109 cm³/mol. The molecule has 0 heterocycles. The molecule has 3 aromatic carbocycles. The third-order valence-electron chi connectivity index (χ3n) is 3.97. The van der Waals surface area contributed by atoms with Crippen molar-refractivity contribution in [3.8, 4) is 17.2 Å². The third kappa shape index (κ3) is 5.77. The molecule has 5 nitrogen and oxygen atoms in total. The highest BCUT2D eigenvalue weighted by Crippen LogP contribution is 2.24. The highest BCUT2D eigenvalue weighted by molar-refractivity contribution is 5.93. The van der Waals surface area contributed by atoms with E-state index in [0.29, 0.717) is 30.4 Å². The summed E-state index contributed by atoms with van der Waals surface area (Å²) in [5.41, 5.74) is 1.67. The van der Waals surface area contributed by atoms with Gasteiger partial charge in [0.15, 0.2) is 6.61 Å². The van der Waals surface area contributed by atoms with Gasteiger partial charge in [0.05, 0.1) is 5.69 Å². The normalized spacial score (nSPS) is 10.2. The summed E-state index contributed by atoms with van der Waals surface area (Å²) in [5, 5.41) is 2.82. The van der Waals surface area contributed by atoms with Crippen LogP contribution in [0, 0.1) is 6.92 Å². The third-order valence-corrected chi connectivity index (χ3v) is 3.97. The molecule has 0 aliphatic heterocycles. The van der Waals surface area contributed by atoms with Crippen LogP contribution >= 0.6 is 0 Å². The molecule has 0 spiro atoms. The summed E-state index contributed by atoms with van der Waals surface area (Å²) in [4.78, 5) is 12.2. The molecule has 3 rings (SSSR count). The highest BCUT2D eigenvalue weighted by Gasteiger charge is 2.08. The fourth-order valence-corrected chi connectivity index (χ4v) is 2.57. The van der Waals surface area contributed by atoms with Crippen LogP contribution in [0.25, 0.3) is 0 Å². The molecule has 0 radical (unpaired) electrons. The number of para-hydroxylation sites is 4. The van der Waals surface area contributed by atoms with E-state index in [1.165, 1.54) is 0 Å². The average molecular weight is 377 g/mol. The Morgan fingerprint density at radius 1 is 0.750 bits per heavy atom. The van der Waals surface area contributed by atoms with Gasteiger partial charge in [0.1, 0.15) is 30.5 Å². The maximum atomic E-state index is 12.2. The van der Waals surface area contributed by atoms with Gasteiger partial charge in [-0.2, -0.15) is 0 Å². The first-order valence-corrected chi connectivity index (χ1v) is 9.10. The van der Waals surface area contributed by atoms with Gasteiger partial charge in [-0.3, -0.25) is 4.79 Å². The fraction of sp³-hybridized carbons (Fsp3) is 0.174. The number of ether oxygens (including phenoxy) is 3. The van der Waals surface area contributed by atoms with Crippen molar-refractivity contribution in [1.29, 1.82) is 0 Å². The minimum absolute atomic E-state index is 0.0747. The Kier molecular flexibility index (Phi) is 6.90. The molecule has 0 aliphatic rings. The van der Waals surface area contributed by atoms with Gasteiger partial charge in [-0.25, -0.2) is 0 Å². The van der Waals surface area contributed by atoms with Gasteiger partial charge in [0.2, 0.25) is 0 Å². The van der Waals surface area contributed by atoms with Crippen LogP contribution in [0.5, 0.6) is 17.2 Å². The number of nitrogens with one attached hydrogen (secondary N) is 1. The van der Waals surface area contributed by atoms with Crippen LogP contribution in [0.4, 0.5) is 5.69 Å². The van der Waals surface area contributed by atoms with Crippen molar-refractivity contribution in [3.63, 3.8) is 0 Å². The molecule has 3 aromatic rings. The summed E-state index contributed by atoms with van der Waals surface area (Å²) in [6.07, 6.45) is 0. The number of rotatable bonds is 9. The molecular weight excluding hydrogens is 354 g/mol. The van der Waals surface area contributed by atoms with E-state index >= 15 is 0 Å². The smallest absolute Gasteiger partial charge is 0.262 e. The largest absolute Gasteiger partial charge is 0.490 e.